The number of ether oxygens (including phenoxy) is 2. The highest BCUT2D eigenvalue weighted by Gasteiger charge is 2.18. The molecule has 0 aliphatic carbocycles. The van der Waals surface area contributed by atoms with Crippen LogP contribution >= 0.6 is 0 Å². The number of nitrogens with one attached hydrogen (secondary N) is 2. The monoisotopic (exact) mass is 266 g/mol. The van der Waals surface area contributed by atoms with Gasteiger partial charge in [-0.1, -0.05) is 12.1 Å². The minimum Gasteiger partial charge on any atom is -0.490 e. The number of carbonyl (C=O) groups is 1. The van der Waals surface area contributed by atoms with E-state index in [1.165, 1.54) is 0 Å². The fourth-order valence-corrected chi connectivity index (χ4v) is 1.73. The highest BCUT2D eigenvalue weighted by molar-refractivity contribution is 5.80. The van der Waals surface area contributed by atoms with Gasteiger partial charge in [-0.05, 0) is 27.0 Å². The van der Waals surface area contributed by atoms with Crippen LogP contribution in [0.4, 0.5) is 0 Å². The van der Waals surface area contributed by atoms with E-state index in [2.05, 4.69) is 10.6 Å². The van der Waals surface area contributed by atoms with Crippen LogP contribution in [0.2, 0.25) is 0 Å². The lowest BCUT2D eigenvalue weighted by Gasteiger charge is -2.19. The summed E-state index contributed by atoms with van der Waals surface area (Å²) in [6, 6.07) is 5.70. The van der Waals surface area contributed by atoms with E-state index >= 15 is 0 Å². The number of hydrogen-bond acceptors (Lipinski definition) is 4. The summed E-state index contributed by atoms with van der Waals surface area (Å²) in [6.45, 7) is 4.83. The molecule has 0 saturated carbocycles. The zero-order valence-corrected chi connectivity index (χ0v) is 11.9. The standard InChI is InChI=1S/C14H22N2O3/c1-5-18-12-8-6-7-11(9-15-3)13(12)19-10(2)14(17)16-4/h6-8,10,15H,5,9H2,1-4H3,(H,16,17). The van der Waals surface area contributed by atoms with Crippen molar-refractivity contribution in [2.45, 2.75) is 26.5 Å². The molecule has 1 aromatic carbocycles. The molecule has 1 rings (SSSR count). The highest BCUT2D eigenvalue weighted by atomic mass is 16.5. The summed E-state index contributed by atoms with van der Waals surface area (Å²) in [7, 11) is 3.45. The molecule has 1 atom stereocenters. The minimum absolute atomic E-state index is 0.165. The Hall–Kier alpha value is -1.75. The van der Waals surface area contributed by atoms with Crippen molar-refractivity contribution in [2.75, 3.05) is 20.7 Å². The molecule has 0 heterocycles. The fraction of sp³-hybridized carbons (Fsp3) is 0.500. The third kappa shape index (κ3) is 4.13. The molecule has 1 aromatic rings. The highest BCUT2D eigenvalue weighted by Crippen LogP contribution is 2.32. The molecular formula is C14H22N2O3. The van der Waals surface area contributed by atoms with Crippen LogP contribution < -0.4 is 20.1 Å². The van der Waals surface area contributed by atoms with Gasteiger partial charge in [0.25, 0.3) is 5.91 Å². The van der Waals surface area contributed by atoms with Gasteiger partial charge in [0.05, 0.1) is 6.61 Å². The second-order valence-corrected chi connectivity index (χ2v) is 4.08. The van der Waals surface area contributed by atoms with Crippen molar-refractivity contribution in [1.29, 1.82) is 0 Å². The number of likely N-dealkylation sites (N-methyl/N-ethyl adjacent to an activating group) is 1. The van der Waals surface area contributed by atoms with Crippen molar-refractivity contribution in [3.8, 4) is 11.5 Å². The Kier molecular flexibility index (Phi) is 6.15. The Morgan fingerprint density at radius 3 is 2.68 bits per heavy atom. The molecule has 106 valence electrons. The van der Waals surface area contributed by atoms with Crippen molar-refractivity contribution < 1.29 is 14.3 Å². The van der Waals surface area contributed by atoms with Gasteiger partial charge in [-0.2, -0.15) is 0 Å². The third-order valence-electron chi connectivity index (χ3n) is 2.64. The lowest BCUT2D eigenvalue weighted by atomic mass is 10.1. The molecule has 0 radical (unpaired) electrons. The first kappa shape index (κ1) is 15.3. The predicted molar refractivity (Wildman–Crippen MR) is 74.5 cm³/mol. The summed E-state index contributed by atoms with van der Waals surface area (Å²) in [5, 5.41) is 5.64. The average Bonchev–Trinajstić information content (AvgIpc) is 2.41. The smallest absolute Gasteiger partial charge is 0.260 e. The average molecular weight is 266 g/mol. The lowest BCUT2D eigenvalue weighted by Crippen LogP contribution is -2.34. The number of rotatable bonds is 7. The summed E-state index contributed by atoms with van der Waals surface area (Å²) in [4.78, 5) is 11.6. The van der Waals surface area contributed by atoms with E-state index in [1.807, 2.05) is 32.2 Å². The topological polar surface area (TPSA) is 59.6 Å². The molecule has 1 amide bonds. The van der Waals surface area contributed by atoms with Crippen LogP contribution in [0.3, 0.4) is 0 Å². The van der Waals surface area contributed by atoms with E-state index in [1.54, 1.807) is 14.0 Å². The van der Waals surface area contributed by atoms with Crippen molar-refractivity contribution in [3.63, 3.8) is 0 Å². The van der Waals surface area contributed by atoms with Crippen molar-refractivity contribution in [3.05, 3.63) is 23.8 Å². The van der Waals surface area contributed by atoms with Crippen LogP contribution in [0.5, 0.6) is 11.5 Å². The SMILES string of the molecule is CCOc1cccc(CNC)c1OC(C)C(=O)NC. The van der Waals surface area contributed by atoms with Crippen LogP contribution in [0, 0.1) is 0 Å². The summed E-state index contributed by atoms with van der Waals surface area (Å²) >= 11 is 0. The maximum atomic E-state index is 11.6. The molecule has 2 N–H and O–H groups in total. The van der Waals surface area contributed by atoms with Gasteiger partial charge < -0.3 is 20.1 Å². The number of benzene rings is 1. The first-order valence-electron chi connectivity index (χ1n) is 6.41. The maximum absolute atomic E-state index is 11.6. The van der Waals surface area contributed by atoms with E-state index in [0.29, 0.717) is 24.7 Å². The van der Waals surface area contributed by atoms with E-state index in [0.717, 1.165) is 5.56 Å². The molecule has 5 nitrogen and oxygen atoms in total. The van der Waals surface area contributed by atoms with Crippen molar-refractivity contribution >= 4 is 5.91 Å². The summed E-state index contributed by atoms with van der Waals surface area (Å²) < 4.78 is 11.3. The number of carbonyl (C=O) groups excluding carboxylic acids is 1. The summed E-state index contributed by atoms with van der Waals surface area (Å²) in [6.07, 6.45) is -0.567. The molecular weight excluding hydrogens is 244 g/mol. The Morgan fingerprint density at radius 2 is 2.11 bits per heavy atom. The predicted octanol–water partition coefficient (Wildman–Crippen LogP) is 1.32. The normalized spacial score (nSPS) is 11.8. The second-order valence-electron chi connectivity index (χ2n) is 4.08. The molecule has 0 saturated heterocycles. The molecule has 0 aliphatic rings. The molecule has 0 spiro atoms. The third-order valence-corrected chi connectivity index (χ3v) is 2.64. The van der Waals surface area contributed by atoms with Gasteiger partial charge in [0.15, 0.2) is 17.6 Å². The summed E-state index contributed by atoms with van der Waals surface area (Å²) in [5.74, 6) is 1.11. The number of hydrogen-bond donors (Lipinski definition) is 2. The first-order chi connectivity index (χ1) is 9.13. The van der Waals surface area contributed by atoms with Crippen LogP contribution in [0.25, 0.3) is 0 Å². The fourth-order valence-electron chi connectivity index (χ4n) is 1.73. The van der Waals surface area contributed by atoms with Crippen LogP contribution in [0.1, 0.15) is 19.4 Å². The lowest BCUT2D eigenvalue weighted by molar-refractivity contribution is -0.126. The molecule has 1 unspecified atom stereocenters. The molecule has 0 fully saturated rings. The van der Waals surface area contributed by atoms with Gasteiger partial charge in [0.2, 0.25) is 0 Å². The van der Waals surface area contributed by atoms with Crippen molar-refractivity contribution in [2.24, 2.45) is 0 Å². The minimum atomic E-state index is -0.567. The van der Waals surface area contributed by atoms with Crippen LogP contribution in [0.15, 0.2) is 18.2 Å². The number of para-hydroxylation sites is 1. The Balaban J connectivity index is 3.02. The zero-order chi connectivity index (χ0) is 14.3. The Labute approximate surface area is 114 Å². The van der Waals surface area contributed by atoms with Gasteiger partial charge >= 0.3 is 0 Å². The first-order valence-corrected chi connectivity index (χ1v) is 6.41. The van der Waals surface area contributed by atoms with Crippen LogP contribution in [-0.4, -0.2) is 32.7 Å². The van der Waals surface area contributed by atoms with Gasteiger partial charge in [-0.3, -0.25) is 4.79 Å². The van der Waals surface area contributed by atoms with E-state index < -0.39 is 6.10 Å². The molecule has 0 bridgehead atoms. The zero-order valence-electron chi connectivity index (χ0n) is 11.9. The van der Waals surface area contributed by atoms with E-state index in [4.69, 9.17) is 9.47 Å². The van der Waals surface area contributed by atoms with Gasteiger partial charge in [0, 0.05) is 19.2 Å². The molecule has 5 heteroatoms. The Bertz CT molecular complexity index is 397. The van der Waals surface area contributed by atoms with E-state index in [9.17, 15) is 4.79 Å². The second kappa shape index (κ2) is 7.63. The Morgan fingerprint density at radius 1 is 1.37 bits per heavy atom. The molecule has 19 heavy (non-hydrogen) atoms. The maximum Gasteiger partial charge on any atom is 0.260 e. The largest absolute Gasteiger partial charge is 0.490 e. The van der Waals surface area contributed by atoms with Crippen molar-refractivity contribution in [1.82, 2.24) is 10.6 Å². The quantitative estimate of drug-likeness (QED) is 0.781. The molecule has 0 aliphatic heterocycles. The van der Waals surface area contributed by atoms with E-state index in [-0.39, 0.29) is 5.91 Å². The summed E-state index contributed by atoms with van der Waals surface area (Å²) in [5.41, 5.74) is 0.962. The van der Waals surface area contributed by atoms with Gasteiger partial charge in [0.1, 0.15) is 0 Å². The van der Waals surface area contributed by atoms with Crippen LogP contribution in [-0.2, 0) is 11.3 Å². The number of amides is 1. The van der Waals surface area contributed by atoms with Gasteiger partial charge in [-0.15, -0.1) is 0 Å². The molecule has 0 aromatic heterocycles. The van der Waals surface area contributed by atoms with Gasteiger partial charge in [-0.25, -0.2) is 0 Å².